The molecule has 0 amide bonds. The van der Waals surface area contributed by atoms with E-state index in [1.807, 2.05) is 6.20 Å². The van der Waals surface area contributed by atoms with E-state index in [4.69, 9.17) is 4.74 Å². The highest BCUT2D eigenvalue weighted by molar-refractivity contribution is 5.79. The van der Waals surface area contributed by atoms with Crippen molar-refractivity contribution < 1.29 is 4.74 Å². The summed E-state index contributed by atoms with van der Waals surface area (Å²) in [4.78, 5) is 3.23. The molecule has 1 heterocycles. The number of hydrogen-bond donors (Lipinski definition) is 2. The van der Waals surface area contributed by atoms with Crippen molar-refractivity contribution >= 4 is 10.9 Å². The summed E-state index contributed by atoms with van der Waals surface area (Å²) in [6, 6.07) is 8.61. The van der Waals surface area contributed by atoms with Crippen molar-refractivity contribution in [3.8, 4) is 0 Å². The third-order valence-electron chi connectivity index (χ3n) is 2.89. The maximum absolute atomic E-state index is 5.11. The Morgan fingerprint density at radius 3 is 3.06 bits per heavy atom. The van der Waals surface area contributed by atoms with Crippen LogP contribution in [0.15, 0.2) is 30.5 Å². The lowest BCUT2D eigenvalue weighted by atomic mass is 10.1. The Balaban J connectivity index is 1.86. The number of fused-ring (bicyclic) bond motifs is 1. The second-order valence-electron chi connectivity index (χ2n) is 4.59. The number of H-pyrrole nitrogens is 1. The molecular weight excluding hydrogens is 212 g/mol. The van der Waals surface area contributed by atoms with Crippen molar-refractivity contribution in [3.05, 3.63) is 36.0 Å². The zero-order valence-corrected chi connectivity index (χ0v) is 10.5. The number of aromatic nitrogens is 1. The minimum absolute atomic E-state index is 0.550. The van der Waals surface area contributed by atoms with E-state index in [0.29, 0.717) is 5.92 Å². The number of hydrogen-bond acceptors (Lipinski definition) is 2. The number of ether oxygens (including phenoxy) is 1. The van der Waals surface area contributed by atoms with Crippen LogP contribution in [0.2, 0.25) is 0 Å². The normalized spacial score (nSPS) is 13.1. The molecule has 92 valence electrons. The summed E-state index contributed by atoms with van der Waals surface area (Å²) in [5.74, 6) is 0.550. The summed E-state index contributed by atoms with van der Waals surface area (Å²) in [6.45, 7) is 4.88. The van der Waals surface area contributed by atoms with Crippen LogP contribution in [0.4, 0.5) is 0 Å². The second kappa shape index (κ2) is 5.84. The topological polar surface area (TPSA) is 37.0 Å². The van der Waals surface area contributed by atoms with Crippen molar-refractivity contribution in [2.45, 2.75) is 13.5 Å². The first kappa shape index (κ1) is 12.1. The van der Waals surface area contributed by atoms with Gasteiger partial charge in [0.05, 0.1) is 0 Å². The lowest BCUT2D eigenvalue weighted by Crippen LogP contribution is -2.23. The van der Waals surface area contributed by atoms with Gasteiger partial charge < -0.3 is 15.0 Å². The van der Waals surface area contributed by atoms with Gasteiger partial charge in [-0.1, -0.05) is 19.1 Å². The highest BCUT2D eigenvalue weighted by Gasteiger charge is 2.01. The maximum Gasteiger partial charge on any atom is 0.0499 e. The molecule has 1 unspecified atom stereocenters. The van der Waals surface area contributed by atoms with E-state index in [1.54, 1.807) is 7.11 Å². The highest BCUT2D eigenvalue weighted by Crippen LogP contribution is 2.13. The van der Waals surface area contributed by atoms with Crippen LogP contribution < -0.4 is 5.32 Å². The summed E-state index contributed by atoms with van der Waals surface area (Å²) >= 11 is 0. The van der Waals surface area contributed by atoms with E-state index in [0.717, 1.165) is 19.7 Å². The molecule has 0 spiro atoms. The number of methoxy groups -OCH3 is 1. The van der Waals surface area contributed by atoms with E-state index >= 15 is 0 Å². The van der Waals surface area contributed by atoms with Gasteiger partial charge in [-0.25, -0.2) is 0 Å². The van der Waals surface area contributed by atoms with Crippen LogP contribution in [-0.2, 0) is 11.3 Å². The van der Waals surface area contributed by atoms with Crippen molar-refractivity contribution in [2.75, 3.05) is 20.3 Å². The Kier molecular flexibility index (Phi) is 4.18. The summed E-state index contributed by atoms with van der Waals surface area (Å²) in [5.41, 5.74) is 2.51. The smallest absolute Gasteiger partial charge is 0.0499 e. The van der Waals surface area contributed by atoms with E-state index in [-0.39, 0.29) is 0 Å². The standard InChI is InChI=1S/C14H20N2O/c1-11(10-17-2)8-15-9-12-3-4-13-5-6-16-14(13)7-12/h3-7,11,15-16H,8-10H2,1-2H3. The zero-order chi connectivity index (χ0) is 12.1. The first-order chi connectivity index (χ1) is 8.29. The van der Waals surface area contributed by atoms with Crippen LogP contribution in [0, 0.1) is 5.92 Å². The summed E-state index contributed by atoms with van der Waals surface area (Å²) < 4.78 is 5.11. The number of aromatic amines is 1. The largest absolute Gasteiger partial charge is 0.384 e. The van der Waals surface area contributed by atoms with Crippen LogP contribution in [0.5, 0.6) is 0 Å². The monoisotopic (exact) mass is 232 g/mol. The Morgan fingerprint density at radius 1 is 1.35 bits per heavy atom. The molecule has 0 bridgehead atoms. The van der Waals surface area contributed by atoms with Crippen LogP contribution in [0.3, 0.4) is 0 Å². The van der Waals surface area contributed by atoms with Gasteiger partial charge in [-0.05, 0) is 29.0 Å². The van der Waals surface area contributed by atoms with Crippen molar-refractivity contribution in [1.29, 1.82) is 0 Å². The van der Waals surface area contributed by atoms with E-state index in [1.165, 1.54) is 16.5 Å². The van der Waals surface area contributed by atoms with Crippen LogP contribution in [-0.4, -0.2) is 25.2 Å². The van der Waals surface area contributed by atoms with Crippen LogP contribution >= 0.6 is 0 Å². The summed E-state index contributed by atoms with van der Waals surface area (Å²) in [5, 5.41) is 4.71. The van der Waals surface area contributed by atoms with Gasteiger partial charge in [0.15, 0.2) is 0 Å². The molecule has 1 aromatic carbocycles. The van der Waals surface area contributed by atoms with E-state index in [2.05, 4.69) is 41.5 Å². The fourth-order valence-corrected chi connectivity index (χ4v) is 2.01. The Bertz CT molecular complexity index is 464. The lowest BCUT2D eigenvalue weighted by Gasteiger charge is -2.11. The van der Waals surface area contributed by atoms with Gasteiger partial charge in [-0.3, -0.25) is 0 Å². The van der Waals surface area contributed by atoms with Gasteiger partial charge in [-0.2, -0.15) is 0 Å². The predicted molar refractivity (Wildman–Crippen MR) is 71.0 cm³/mol. The van der Waals surface area contributed by atoms with Gasteiger partial charge in [0, 0.05) is 38.5 Å². The molecule has 0 radical (unpaired) electrons. The summed E-state index contributed by atoms with van der Waals surface area (Å²) in [6.07, 6.45) is 1.97. The lowest BCUT2D eigenvalue weighted by molar-refractivity contribution is 0.158. The van der Waals surface area contributed by atoms with Gasteiger partial charge >= 0.3 is 0 Å². The Labute approximate surface area is 102 Å². The molecule has 0 fully saturated rings. The molecule has 1 aromatic heterocycles. The van der Waals surface area contributed by atoms with Gasteiger partial charge in [0.25, 0.3) is 0 Å². The Hall–Kier alpha value is -1.32. The molecule has 2 N–H and O–H groups in total. The molecular formula is C14H20N2O. The average molecular weight is 232 g/mol. The number of benzene rings is 1. The molecule has 1 atom stereocenters. The molecule has 3 heteroatoms. The van der Waals surface area contributed by atoms with Crippen LogP contribution in [0.25, 0.3) is 10.9 Å². The minimum atomic E-state index is 0.550. The zero-order valence-electron chi connectivity index (χ0n) is 10.5. The molecule has 0 aliphatic rings. The molecule has 0 saturated carbocycles. The van der Waals surface area contributed by atoms with E-state index in [9.17, 15) is 0 Å². The molecule has 3 nitrogen and oxygen atoms in total. The summed E-state index contributed by atoms with van der Waals surface area (Å²) in [7, 11) is 1.75. The predicted octanol–water partition coefficient (Wildman–Crippen LogP) is 2.54. The third-order valence-corrected chi connectivity index (χ3v) is 2.89. The van der Waals surface area contributed by atoms with E-state index < -0.39 is 0 Å². The van der Waals surface area contributed by atoms with Crippen LogP contribution in [0.1, 0.15) is 12.5 Å². The fourth-order valence-electron chi connectivity index (χ4n) is 2.01. The van der Waals surface area contributed by atoms with Gasteiger partial charge in [-0.15, -0.1) is 0 Å². The molecule has 17 heavy (non-hydrogen) atoms. The average Bonchev–Trinajstić information content (AvgIpc) is 2.76. The van der Waals surface area contributed by atoms with Crippen molar-refractivity contribution in [1.82, 2.24) is 10.3 Å². The van der Waals surface area contributed by atoms with Gasteiger partial charge in [0.1, 0.15) is 0 Å². The van der Waals surface area contributed by atoms with Gasteiger partial charge in [0.2, 0.25) is 0 Å². The fraction of sp³-hybridized carbons (Fsp3) is 0.429. The molecule has 2 aromatic rings. The number of rotatable bonds is 6. The maximum atomic E-state index is 5.11. The first-order valence-electron chi connectivity index (χ1n) is 6.05. The number of nitrogens with one attached hydrogen (secondary N) is 2. The molecule has 0 saturated heterocycles. The Morgan fingerprint density at radius 2 is 2.24 bits per heavy atom. The first-order valence-corrected chi connectivity index (χ1v) is 6.05. The third kappa shape index (κ3) is 3.32. The molecule has 2 rings (SSSR count). The van der Waals surface area contributed by atoms with Crippen molar-refractivity contribution in [2.24, 2.45) is 5.92 Å². The quantitative estimate of drug-likeness (QED) is 0.803. The second-order valence-corrected chi connectivity index (χ2v) is 4.59. The van der Waals surface area contributed by atoms with Crippen molar-refractivity contribution in [3.63, 3.8) is 0 Å². The molecule has 0 aliphatic carbocycles. The SMILES string of the molecule is COCC(C)CNCc1ccc2cc[nH]c2c1. The molecule has 0 aliphatic heterocycles. The highest BCUT2D eigenvalue weighted by atomic mass is 16.5. The minimum Gasteiger partial charge on any atom is -0.384 e.